The van der Waals surface area contributed by atoms with E-state index < -0.39 is 4.92 Å². The van der Waals surface area contributed by atoms with Crippen LogP contribution >= 0.6 is 0 Å². The molecule has 3 N–H and O–H groups in total. The summed E-state index contributed by atoms with van der Waals surface area (Å²) in [5, 5.41) is 26.5. The Labute approximate surface area is 149 Å². The maximum atomic E-state index is 10.8. The van der Waals surface area contributed by atoms with Gasteiger partial charge in [-0.3, -0.25) is 10.1 Å². The van der Waals surface area contributed by atoms with Crippen LogP contribution < -0.4 is 15.4 Å². The van der Waals surface area contributed by atoms with E-state index in [4.69, 9.17) is 4.74 Å². The number of hydrogen-bond donors (Lipinski definition) is 3. The SMILES string of the molecule is CCCCCCCCN/C(=C\[N+](=O)[O-])NCc1ccc(O)c(OC)c1. The van der Waals surface area contributed by atoms with Gasteiger partial charge in [-0.1, -0.05) is 45.1 Å². The van der Waals surface area contributed by atoms with Crippen molar-refractivity contribution in [3.8, 4) is 11.5 Å². The van der Waals surface area contributed by atoms with E-state index in [0.29, 0.717) is 24.7 Å². The molecule has 140 valence electrons. The zero-order valence-corrected chi connectivity index (χ0v) is 15.1. The number of ether oxygens (including phenoxy) is 1. The van der Waals surface area contributed by atoms with Gasteiger partial charge in [0, 0.05) is 13.1 Å². The van der Waals surface area contributed by atoms with Gasteiger partial charge in [0.2, 0.25) is 0 Å². The van der Waals surface area contributed by atoms with Crippen molar-refractivity contribution in [2.75, 3.05) is 13.7 Å². The number of rotatable bonds is 13. The average molecular weight is 351 g/mol. The molecule has 0 spiro atoms. The fraction of sp³-hybridized carbons (Fsp3) is 0.556. The van der Waals surface area contributed by atoms with Crippen molar-refractivity contribution in [3.63, 3.8) is 0 Å². The van der Waals surface area contributed by atoms with Crippen molar-refractivity contribution >= 4 is 0 Å². The molecule has 1 aromatic carbocycles. The Morgan fingerprint density at radius 1 is 1.24 bits per heavy atom. The van der Waals surface area contributed by atoms with Gasteiger partial charge in [0.15, 0.2) is 17.3 Å². The molecule has 7 nitrogen and oxygen atoms in total. The minimum absolute atomic E-state index is 0.0634. The first-order valence-corrected chi connectivity index (χ1v) is 8.75. The van der Waals surface area contributed by atoms with Crippen molar-refractivity contribution < 1.29 is 14.8 Å². The van der Waals surface area contributed by atoms with Gasteiger partial charge in [-0.05, 0) is 24.1 Å². The lowest BCUT2D eigenvalue weighted by Gasteiger charge is -2.12. The quantitative estimate of drug-likeness (QED) is 0.286. The van der Waals surface area contributed by atoms with Crippen LogP contribution in [0.1, 0.15) is 51.0 Å². The second-order valence-electron chi connectivity index (χ2n) is 5.88. The molecule has 0 saturated heterocycles. The van der Waals surface area contributed by atoms with E-state index in [0.717, 1.165) is 24.6 Å². The molecule has 0 aliphatic heterocycles. The number of nitrogens with one attached hydrogen (secondary N) is 2. The van der Waals surface area contributed by atoms with Gasteiger partial charge in [-0.2, -0.15) is 0 Å². The highest BCUT2D eigenvalue weighted by Gasteiger charge is 2.06. The standard InChI is InChI=1S/C18H29N3O4/c1-3-4-5-6-7-8-11-19-18(14-21(23)24)20-13-15-9-10-16(22)17(12-15)25-2/h9-10,12,14,19-20,22H,3-8,11,13H2,1-2H3/b18-14+. The van der Waals surface area contributed by atoms with Gasteiger partial charge in [0.25, 0.3) is 6.20 Å². The van der Waals surface area contributed by atoms with Crippen molar-refractivity contribution in [2.45, 2.75) is 52.0 Å². The molecule has 0 heterocycles. The topological polar surface area (TPSA) is 96.7 Å². The molecule has 0 saturated carbocycles. The Kier molecular flexibility index (Phi) is 9.89. The molecule has 7 heteroatoms. The van der Waals surface area contributed by atoms with Crippen molar-refractivity contribution in [1.29, 1.82) is 0 Å². The first-order valence-electron chi connectivity index (χ1n) is 8.75. The molecule has 25 heavy (non-hydrogen) atoms. The van der Waals surface area contributed by atoms with Crippen LogP contribution in [0.2, 0.25) is 0 Å². The number of nitro groups is 1. The molecule has 0 unspecified atom stereocenters. The first-order chi connectivity index (χ1) is 12.1. The summed E-state index contributed by atoms with van der Waals surface area (Å²) in [6.45, 7) is 3.27. The molecule has 1 rings (SSSR count). The molecule has 0 amide bonds. The third kappa shape index (κ3) is 8.83. The lowest BCUT2D eigenvalue weighted by Crippen LogP contribution is -2.27. The van der Waals surface area contributed by atoms with E-state index in [1.165, 1.54) is 38.9 Å². The average Bonchev–Trinajstić information content (AvgIpc) is 2.59. The van der Waals surface area contributed by atoms with Crippen LogP contribution in [0, 0.1) is 10.1 Å². The molecule has 0 atom stereocenters. The molecular weight excluding hydrogens is 322 g/mol. The third-order valence-electron chi connectivity index (χ3n) is 3.81. The molecule has 0 bridgehead atoms. The predicted molar refractivity (Wildman–Crippen MR) is 98.0 cm³/mol. The van der Waals surface area contributed by atoms with Gasteiger partial charge in [-0.25, -0.2) is 0 Å². The van der Waals surface area contributed by atoms with Gasteiger partial charge >= 0.3 is 0 Å². The number of phenols is 1. The summed E-state index contributed by atoms with van der Waals surface area (Å²) in [4.78, 5) is 10.3. The summed E-state index contributed by atoms with van der Waals surface area (Å²) >= 11 is 0. The molecule has 0 aromatic heterocycles. The number of benzene rings is 1. The first kappa shape index (κ1) is 20.6. The molecule has 0 radical (unpaired) electrons. The Morgan fingerprint density at radius 3 is 2.64 bits per heavy atom. The predicted octanol–water partition coefficient (Wildman–Crippen LogP) is 3.52. The van der Waals surface area contributed by atoms with Crippen LogP contribution in [0.25, 0.3) is 0 Å². The van der Waals surface area contributed by atoms with E-state index in [1.807, 2.05) is 0 Å². The van der Waals surface area contributed by atoms with E-state index in [1.54, 1.807) is 12.1 Å². The fourth-order valence-corrected chi connectivity index (χ4v) is 2.42. The number of nitrogens with zero attached hydrogens (tertiary/aromatic N) is 1. The van der Waals surface area contributed by atoms with Crippen LogP contribution in [-0.4, -0.2) is 23.7 Å². The van der Waals surface area contributed by atoms with E-state index in [9.17, 15) is 15.2 Å². The lowest BCUT2D eigenvalue weighted by molar-refractivity contribution is -0.404. The molecule has 0 fully saturated rings. The van der Waals surface area contributed by atoms with Crippen LogP contribution in [0.4, 0.5) is 0 Å². The molecule has 0 aliphatic carbocycles. The van der Waals surface area contributed by atoms with Crippen LogP contribution in [0.5, 0.6) is 11.5 Å². The van der Waals surface area contributed by atoms with E-state index in [2.05, 4.69) is 17.6 Å². The lowest BCUT2D eigenvalue weighted by atomic mass is 10.1. The van der Waals surface area contributed by atoms with Gasteiger partial charge in [0.05, 0.1) is 12.0 Å². The fourth-order valence-electron chi connectivity index (χ4n) is 2.42. The van der Waals surface area contributed by atoms with Crippen molar-refractivity contribution in [1.82, 2.24) is 10.6 Å². The highest BCUT2D eigenvalue weighted by molar-refractivity contribution is 5.41. The number of hydrogen-bond acceptors (Lipinski definition) is 6. The Bertz CT molecular complexity index is 561. The molecule has 1 aromatic rings. The third-order valence-corrected chi connectivity index (χ3v) is 3.81. The van der Waals surface area contributed by atoms with E-state index >= 15 is 0 Å². The minimum Gasteiger partial charge on any atom is -0.504 e. The number of phenolic OH excluding ortho intramolecular Hbond substituents is 1. The van der Waals surface area contributed by atoms with Crippen LogP contribution in [0.3, 0.4) is 0 Å². The Hall–Kier alpha value is -2.44. The smallest absolute Gasteiger partial charge is 0.274 e. The Balaban J connectivity index is 2.44. The summed E-state index contributed by atoms with van der Waals surface area (Å²) in [6.07, 6.45) is 7.97. The number of methoxy groups -OCH3 is 1. The largest absolute Gasteiger partial charge is 0.504 e. The van der Waals surface area contributed by atoms with Gasteiger partial charge in [0.1, 0.15) is 0 Å². The number of unbranched alkanes of at least 4 members (excludes halogenated alkanes) is 5. The summed E-state index contributed by atoms with van der Waals surface area (Å²) in [6, 6.07) is 4.97. The molecular formula is C18H29N3O4. The Morgan fingerprint density at radius 2 is 1.96 bits per heavy atom. The van der Waals surface area contributed by atoms with Crippen molar-refractivity contribution in [2.24, 2.45) is 0 Å². The zero-order chi connectivity index (χ0) is 18.5. The summed E-state index contributed by atoms with van der Waals surface area (Å²) in [5.74, 6) is 0.818. The maximum absolute atomic E-state index is 10.8. The second kappa shape index (κ2) is 12.0. The highest BCUT2D eigenvalue weighted by Crippen LogP contribution is 2.26. The molecule has 0 aliphatic rings. The van der Waals surface area contributed by atoms with Gasteiger partial charge < -0.3 is 20.5 Å². The normalized spacial score (nSPS) is 11.2. The summed E-state index contributed by atoms with van der Waals surface area (Å²) in [5.41, 5.74) is 0.852. The van der Waals surface area contributed by atoms with Crippen molar-refractivity contribution in [3.05, 3.63) is 45.9 Å². The second-order valence-corrected chi connectivity index (χ2v) is 5.88. The monoisotopic (exact) mass is 351 g/mol. The van der Waals surface area contributed by atoms with Crippen LogP contribution in [0.15, 0.2) is 30.2 Å². The van der Waals surface area contributed by atoms with E-state index in [-0.39, 0.29) is 5.75 Å². The maximum Gasteiger partial charge on any atom is 0.274 e. The van der Waals surface area contributed by atoms with Crippen LogP contribution in [-0.2, 0) is 6.54 Å². The van der Waals surface area contributed by atoms with Gasteiger partial charge in [-0.15, -0.1) is 0 Å². The highest BCUT2D eigenvalue weighted by atomic mass is 16.6. The summed E-state index contributed by atoms with van der Waals surface area (Å²) in [7, 11) is 1.48. The summed E-state index contributed by atoms with van der Waals surface area (Å²) < 4.78 is 5.06. The zero-order valence-electron chi connectivity index (χ0n) is 15.1. The minimum atomic E-state index is -0.478. The number of aromatic hydroxyl groups is 1.